The molecule has 1 aromatic heterocycles. The molecule has 1 aliphatic rings. The Hall–Kier alpha value is -3.59. The number of hydrogen-bond donors (Lipinski definition) is 4. The zero-order chi connectivity index (χ0) is 24.6. The number of carbonyl (C=O) groups excluding carboxylic acids is 2. The van der Waals surface area contributed by atoms with Gasteiger partial charge in [-0.2, -0.15) is 0 Å². The third-order valence-corrected chi connectivity index (χ3v) is 6.17. The van der Waals surface area contributed by atoms with Gasteiger partial charge in [0.15, 0.2) is 0 Å². The van der Waals surface area contributed by atoms with E-state index in [0.717, 1.165) is 37.6 Å². The zero-order valence-electron chi connectivity index (χ0n) is 19.3. The number of amides is 2. The first-order chi connectivity index (χ1) is 17.0. The number of carbonyl (C=O) groups is 2. The summed E-state index contributed by atoms with van der Waals surface area (Å²) in [5.74, 6) is -1.56. The van der Waals surface area contributed by atoms with Crippen LogP contribution in [0.1, 0.15) is 53.2 Å². The minimum atomic E-state index is -0.819. The van der Waals surface area contributed by atoms with Gasteiger partial charge < -0.3 is 20.9 Å². The van der Waals surface area contributed by atoms with Crippen molar-refractivity contribution in [3.05, 3.63) is 89.5 Å². The van der Waals surface area contributed by atoms with Gasteiger partial charge in [0.05, 0.1) is 12.5 Å². The largest absolute Gasteiger partial charge is 0.350 e. The quantitative estimate of drug-likeness (QED) is 0.298. The van der Waals surface area contributed by atoms with Gasteiger partial charge >= 0.3 is 0 Å². The number of aromatic nitrogens is 2. The molecule has 1 fully saturated rings. The SMILES string of the molecule is O=C(NC(CCCCNC1CC1c1ccccc1)C(=O)NCc1cc(F)ccc1F)c1cnc[nH]1. The van der Waals surface area contributed by atoms with E-state index in [1.165, 1.54) is 18.1 Å². The lowest BCUT2D eigenvalue weighted by molar-refractivity contribution is -0.123. The van der Waals surface area contributed by atoms with Gasteiger partial charge in [-0.05, 0) is 56.0 Å². The van der Waals surface area contributed by atoms with E-state index < -0.39 is 29.5 Å². The summed E-state index contributed by atoms with van der Waals surface area (Å²) in [7, 11) is 0. The Morgan fingerprint density at radius 1 is 1.11 bits per heavy atom. The Kier molecular flexibility index (Phi) is 8.20. The van der Waals surface area contributed by atoms with Crippen molar-refractivity contribution in [2.24, 2.45) is 0 Å². The summed E-state index contributed by atoms with van der Waals surface area (Å²) < 4.78 is 27.3. The van der Waals surface area contributed by atoms with Crippen LogP contribution in [0.5, 0.6) is 0 Å². The van der Waals surface area contributed by atoms with Crippen LogP contribution in [0, 0.1) is 11.6 Å². The highest BCUT2D eigenvalue weighted by Gasteiger charge is 2.37. The number of imidazole rings is 1. The van der Waals surface area contributed by atoms with Crippen LogP contribution in [0.3, 0.4) is 0 Å². The lowest BCUT2D eigenvalue weighted by Gasteiger charge is -2.18. The Labute approximate surface area is 202 Å². The average Bonchev–Trinajstić information content (AvgIpc) is 3.42. The number of hydrogen-bond acceptors (Lipinski definition) is 4. The summed E-state index contributed by atoms with van der Waals surface area (Å²) in [5, 5.41) is 8.87. The van der Waals surface area contributed by atoms with Crippen LogP contribution in [0.4, 0.5) is 8.78 Å². The Morgan fingerprint density at radius 3 is 2.71 bits per heavy atom. The second-order valence-electron chi connectivity index (χ2n) is 8.75. The number of benzene rings is 2. The van der Waals surface area contributed by atoms with E-state index in [2.05, 4.69) is 50.2 Å². The van der Waals surface area contributed by atoms with E-state index >= 15 is 0 Å². The maximum absolute atomic E-state index is 13.9. The van der Waals surface area contributed by atoms with Crippen LogP contribution in [0.25, 0.3) is 0 Å². The molecule has 1 heterocycles. The molecule has 0 radical (unpaired) electrons. The first kappa shape index (κ1) is 24.5. The number of aromatic amines is 1. The molecule has 3 aromatic rings. The van der Waals surface area contributed by atoms with E-state index in [-0.39, 0.29) is 17.8 Å². The van der Waals surface area contributed by atoms with Gasteiger partial charge in [-0.15, -0.1) is 0 Å². The van der Waals surface area contributed by atoms with Crippen LogP contribution in [0.2, 0.25) is 0 Å². The molecule has 1 aliphatic carbocycles. The van der Waals surface area contributed by atoms with Crippen LogP contribution in [-0.2, 0) is 11.3 Å². The lowest BCUT2D eigenvalue weighted by Crippen LogP contribution is -2.46. The highest BCUT2D eigenvalue weighted by atomic mass is 19.1. The van der Waals surface area contributed by atoms with E-state index in [4.69, 9.17) is 0 Å². The fourth-order valence-corrected chi connectivity index (χ4v) is 4.12. The molecule has 9 heteroatoms. The molecule has 0 bridgehead atoms. The molecule has 0 spiro atoms. The van der Waals surface area contributed by atoms with Gasteiger partial charge in [0.1, 0.15) is 23.4 Å². The Bertz CT molecular complexity index is 1120. The van der Waals surface area contributed by atoms with Crippen molar-refractivity contribution in [3.8, 4) is 0 Å². The van der Waals surface area contributed by atoms with Crippen molar-refractivity contribution >= 4 is 11.8 Å². The van der Waals surface area contributed by atoms with Crippen LogP contribution in [-0.4, -0.2) is 40.4 Å². The maximum atomic E-state index is 13.9. The first-order valence-corrected chi connectivity index (χ1v) is 11.8. The van der Waals surface area contributed by atoms with Crippen molar-refractivity contribution < 1.29 is 18.4 Å². The van der Waals surface area contributed by atoms with Crippen LogP contribution >= 0.6 is 0 Å². The molecular weight excluding hydrogens is 452 g/mol. The molecule has 0 aliphatic heterocycles. The molecule has 1 saturated carbocycles. The van der Waals surface area contributed by atoms with Crippen LogP contribution in [0.15, 0.2) is 61.1 Å². The van der Waals surface area contributed by atoms with Crippen LogP contribution < -0.4 is 16.0 Å². The normalized spacial score (nSPS) is 17.5. The molecule has 35 heavy (non-hydrogen) atoms. The molecule has 184 valence electrons. The molecule has 2 amide bonds. The van der Waals surface area contributed by atoms with Gasteiger partial charge in [-0.1, -0.05) is 30.3 Å². The smallest absolute Gasteiger partial charge is 0.269 e. The molecule has 7 nitrogen and oxygen atoms in total. The van der Waals surface area contributed by atoms with Crippen molar-refractivity contribution in [2.75, 3.05) is 6.54 Å². The predicted octanol–water partition coefficient (Wildman–Crippen LogP) is 3.42. The standard InChI is InChI=1S/C26H29F2N5O2/c27-19-9-10-21(28)18(12-19)14-31-25(34)22(33-26(35)24-15-29-16-32-24)8-4-5-11-30-23-13-20(23)17-6-2-1-3-7-17/h1-3,6-7,9-10,12,15-16,20,22-23,30H,4-5,8,11,13-14H2,(H,29,32)(H,31,34)(H,33,35). The van der Waals surface area contributed by atoms with Gasteiger partial charge in [-0.3, -0.25) is 9.59 Å². The average molecular weight is 482 g/mol. The summed E-state index contributed by atoms with van der Waals surface area (Å²) >= 11 is 0. The highest BCUT2D eigenvalue weighted by Crippen LogP contribution is 2.40. The molecule has 0 saturated heterocycles. The summed E-state index contributed by atoms with van der Waals surface area (Å²) in [6.45, 7) is 0.633. The number of unbranched alkanes of at least 4 members (excludes halogenated alkanes) is 1. The second kappa shape index (κ2) is 11.7. The van der Waals surface area contributed by atoms with Gasteiger partial charge in [0, 0.05) is 24.1 Å². The fraction of sp³-hybridized carbons (Fsp3) is 0.346. The Morgan fingerprint density at radius 2 is 1.94 bits per heavy atom. The minimum absolute atomic E-state index is 0.0404. The lowest BCUT2D eigenvalue weighted by atomic mass is 10.1. The molecule has 4 N–H and O–H groups in total. The fourth-order valence-electron chi connectivity index (χ4n) is 4.12. The second-order valence-corrected chi connectivity index (χ2v) is 8.75. The molecule has 2 aromatic carbocycles. The van der Waals surface area contributed by atoms with E-state index in [9.17, 15) is 18.4 Å². The summed E-state index contributed by atoms with van der Waals surface area (Å²) in [5.41, 5.74) is 1.62. The number of H-pyrrole nitrogens is 1. The topological polar surface area (TPSA) is 98.9 Å². The van der Waals surface area contributed by atoms with E-state index in [0.29, 0.717) is 24.8 Å². The van der Waals surface area contributed by atoms with E-state index in [1.807, 2.05) is 6.07 Å². The number of rotatable bonds is 12. The van der Waals surface area contributed by atoms with Crippen molar-refractivity contribution in [1.82, 2.24) is 25.9 Å². The van der Waals surface area contributed by atoms with Crippen molar-refractivity contribution in [2.45, 2.75) is 50.2 Å². The van der Waals surface area contributed by atoms with E-state index in [1.54, 1.807) is 0 Å². The molecule has 3 unspecified atom stereocenters. The number of nitrogens with one attached hydrogen (secondary N) is 4. The maximum Gasteiger partial charge on any atom is 0.269 e. The predicted molar refractivity (Wildman–Crippen MR) is 127 cm³/mol. The molecular formula is C26H29F2N5O2. The Balaban J connectivity index is 1.25. The van der Waals surface area contributed by atoms with Gasteiger partial charge in [0.25, 0.3) is 5.91 Å². The molecule has 4 rings (SSSR count). The number of halogens is 2. The monoisotopic (exact) mass is 481 g/mol. The zero-order valence-corrected chi connectivity index (χ0v) is 19.3. The summed E-state index contributed by atoms with van der Waals surface area (Å²) in [4.78, 5) is 31.8. The van der Waals surface area contributed by atoms with Crippen molar-refractivity contribution in [3.63, 3.8) is 0 Å². The first-order valence-electron chi connectivity index (χ1n) is 11.8. The number of nitrogens with zero attached hydrogens (tertiary/aromatic N) is 1. The minimum Gasteiger partial charge on any atom is -0.350 e. The third-order valence-electron chi connectivity index (χ3n) is 6.17. The third kappa shape index (κ3) is 6.95. The highest BCUT2D eigenvalue weighted by molar-refractivity contribution is 5.95. The summed E-state index contributed by atoms with van der Waals surface area (Å²) in [6.07, 6.45) is 5.81. The van der Waals surface area contributed by atoms with Gasteiger partial charge in [0.2, 0.25) is 5.91 Å². The summed E-state index contributed by atoms with van der Waals surface area (Å²) in [6, 6.07) is 13.1. The van der Waals surface area contributed by atoms with Gasteiger partial charge in [-0.25, -0.2) is 13.8 Å². The van der Waals surface area contributed by atoms with Crippen molar-refractivity contribution in [1.29, 1.82) is 0 Å². The molecule has 3 atom stereocenters.